The van der Waals surface area contributed by atoms with E-state index in [4.69, 9.17) is 15.0 Å². The molecular weight excluding hydrogens is 655 g/mol. The van der Waals surface area contributed by atoms with E-state index in [1.165, 1.54) is 44.5 Å². The van der Waals surface area contributed by atoms with Crippen LogP contribution in [0.3, 0.4) is 0 Å². The molecule has 0 aliphatic heterocycles. The van der Waals surface area contributed by atoms with E-state index < -0.39 is 5.41 Å². The minimum absolute atomic E-state index is 0.164. The van der Waals surface area contributed by atoms with Crippen molar-refractivity contribution < 1.29 is 0 Å². The van der Waals surface area contributed by atoms with Crippen LogP contribution in [0, 0.1) is 0 Å². The number of fused-ring (bicyclic) bond motifs is 11. The highest BCUT2D eigenvalue weighted by Gasteiger charge is 2.53. The van der Waals surface area contributed by atoms with Gasteiger partial charge >= 0.3 is 0 Å². The van der Waals surface area contributed by atoms with Crippen molar-refractivity contribution in [3.05, 3.63) is 209 Å². The zero-order valence-corrected chi connectivity index (χ0v) is 30.1. The Kier molecular flexibility index (Phi) is 6.51. The molecule has 9 aromatic rings. The average molecular weight is 690 g/mol. The van der Waals surface area contributed by atoms with Crippen LogP contribution in [0.1, 0.15) is 47.2 Å². The molecule has 0 saturated heterocycles. The lowest BCUT2D eigenvalue weighted by Crippen LogP contribution is -2.40. The first-order chi connectivity index (χ1) is 26.5. The molecule has 1 spiro atoms. The Morgan fingerprint density at radius 1 is 0.333 bits per heavy atom. The van der Waals surface area contributed by atoms with Gasteiger partial charge in [-0.15, -0.1) is 0 Å². The Hall–Kier alpha value is -6.71. The molecule has 0 atom stereocenters. The summed E-state index contributed by atoms with van der Waals surface area (Å²) < 4.78 is 0. The summed E-state index contributed by atoms with van der Waals surface area (Å²) in [6.45, 7) is 4.73. The third kappa shape index (κ3) is 4.21. The van der Waals surface area contributed by atoms with Gasteiger partial charge in [0.1, 0.15) is 0 Å². The lowest BCUT2D eigenvalue weighted by Gasteiger charge is -2.46. The summed E-state index contributed by atoms with van der Waals surface area (Å²) in [5.74, 6) is 1.98. The summed E-state index contributed by atoms with van der Waals surface area (Å²) in [7, 11) is 0. The second-order valence-corrected chi connectivity index (χ2v) is 15.1. The monoisotopic (exact) mass is 689 g/mol. The Morgan fingerprint density at radius 3 is 1.35 bits per heavy atom. The fourth-order valence-electron chi connectivity index (χ4n) is 9.59. The summed E-state index contributed by atoms with van der Waals surface area (Å²) in [5.41, 5.74) is 12.7. The minimum atomic E-state index is -0.505. The van der Waals surface area contributed by atoms with Crippen LogP contribution in [0.4, 0.5) is 0 Å². The molecule has 3 heteroatoms. The maximum absolute atomic E-state index is 5.33. The van der Waals surface area contributed by atoms with Crippen molar-refractivity contribution >= 4 is 21.5 Å². The molecule has 0 N–H and O–H groups in total. The first kappa shape index (κ1) is 30.9. The summed E-state index contributed by atoms with van der Waals surface area (Å²) >= 11 is 0. The smallest absolute Gasteiger partial charge is 0.164 e. The van der Waals surface area contributed by atoms with E-state index in [1.807, 2.05) is 0 Å². The minimum Gasteiger partial charge on any atom is -0.208 e. The van der Waals surface area contributed by atoms with Gasteiger partial charge in [0.25, 0.3) is 0 Å². The standard InChI is InChI=1S/C51H35N3/c1-50(2)42-25-9-11-27-44(42)51(45-28-12-10-26-43(45)50)41-24-8-7-21-37(41)38-30-29-34(31-46(38)51)47-52-48(39-22-13-17-32-15-3-5-19-35(32)39)54-49(53-47)40-23-14-18-33-16-4-6-20-36(33)40/h3-31H,1-2H3. The van der Waals surface area contributed by atoms with E-state index in [9.17, 15) is 0 Å². The molecule has 2 aliphatic rings. The van der Waals surface area contributed by atoms with Gasteiger partial charge in [-0.2, -0.15) is 0 Å². The van der Waals surface area contributed by atoms with E-state index in [0.29, 0.717) is 17.5 Å². The van der Waals surface area contributed by atoms with E-state index in [2.05, 4.69) is 190 Å². The van der Waals surface area contributed by atoms with Crippen molar-refractivity contribution in [2.24, 2.45) is 0 Å². The van der Waals surface area contributed by atoms with Gasteiger partial charge in [0.05, 0.1) is 5.41 Å². The molecule has 0 amide bonds. The number of benzene rings is 8. The maximum atomic E-state index is 5.33. The molecule has 2 aliphatic carbocycles. The van der Waals surface area contributed by atoms with Crippen molar-refractivity contribution in [2.75, 3.05) is 0 Å². The number of aromatic nitrogens is 3. The van der Waals surface area contributed by atoms with E-state index in [1.54, 1.807) is 0 Å². The van der Waals surface area contributed by atoms with E-state index in [-0.39, 0.29) is 5.41 Å². The molecule has 254 valence electrons. The fraction of sp³-hybridized carbons (Fsp3) is 0.0784. The highest BCUT2D eigenvalue weighted by molar-refractivity contribution is 5.98. The topological polar surface area (TPSA) is 38.7 Å². The van der Waals surface area contributed by atoms with Crippen molar-refractivity contribution in [1.82, 2.24) is 15.0 Å². The second-order valence-electron chi connectivity index (χ2n) is 15.1. The van der Waals surface area contributed by atoms with Crippen molar-refractivity contribution in [3.8, 4) is 45.3 Å². The molecule has 1 heterocycles. The highest BCUT2D eigenvalue weighted by atomic mass is 15.0. The SMILES string of the molecule is CC1(C)c2ccccc2C2(c3ccccc3-c3ccc(-c4nc(-c5cccc6ccccc56)nc(-c5cccc6ccccc56)n4)cc32)c2ccccc21. The molecule has 3 nitrogen and oxygen atoms in total. The van der Waals surface area contributed by atoms with Crippen LogP contribution in [0.5, 0.6) is 0 Å². The van der Waals surface area contributed by atoms with Gasteiger partial charge < -0.3 is 0 Å². The lowest BCUT2D eigenvalue weighted by atomic mass is 9.55. The first-order valence-electron chi connectivity index (χ1n) is 18.7. The third-order valence-corrected chi connectivity index (χ3v) is 12.0. The normalized spacial score (nSPS) is 14.4. The van der Waals surface area contributed by atoms with Gasteiger partial charge in [-0.1, -0.05) is 184 Å². The summed E-state index contributed by atoms with van der Waals surface area (Å²) in [6, 6.07) is 63.6. The van der Waals surface area contributed by atoms with E-state index in [0.717, 1.165) is 38.2 Å². The number of rotatable bonds is 3. The predicted molar refractivity (Wildman–Crippen MR) is 221 cm³/mol. The highest BCUT2D eigenvalue weighted by Crippen LogP contribution is 2.62. The average Bonchev–Trinajstić information content (AvgIpc) is 3.52. The van der Waals surface area contributed by atoms with Crippen molar-refractivity contribution in [3.63, 3.8) is 0 Å². The molecule has 0 unspecified atom stereocenters. The van der Waals surface area contributed by atoms with Crippen LogP contribution in [0.25, 0.3) is 66.8 Å². The largest absolute Gasteiger partial charge is 0.208 e. The number of hydrogen-bond donors (Lipinski definition) is 0. The lowest BCUT2D eigenvalue weighted by molar-refractivity contribution is 0.563. The maximum Gasteiger partial charge on any atom is 0.164 e. The molecule has 0 bridgehead atoms. The molecule has 8 aromatic carbocycles. The van der Waals surface area contributed by atoms with Gasteiger partial charge in [-0.05, 0) is 72.1 Å². The summed E-state index contributed by atoms with van der Waals surface area (Å²) in [6.07, 6.45) is 0. The molecule has 54 heavy (non-hydrogen) atoms. The van der Waals surface area contributed by atoms with Crippen molar-refractivity contribution in [1.29, 1.82) is 0 Å². The molecular formula is C51H35N3. The van der Waals surface area contributed by atoms with Crippen molar-refractivity contribution in [2.45, 2.75) is 24.7 Å². The Balaban J connectivity index is 1.21. The first-order valence-corrected chi connectivity index (χ1v) is 18.7. The Bertz CT molecular complexity index is 2830. The number of hydrogen-bond acceptors (Lipinski definition) is 3. The second kappa shape index (κ2) is 11.4. The zero-order valence-electron chi connectivity index (χ0n) is 30.1. The van der Waals surface area contributed by atoms with Gasteiger partial charge in [-0.25, -0.2) is 15.0 Å². The van der Waals surface area contributed by atoms with Crippen LogP contribution < -0.4 is 0 Å². The number of nitrogens with zero attached hydrogens (tertiary/aromatic N) is 3. The molecule has 0 radical (unpaired) electrons. The molecule has 11 rings (SSSR count). The molecule has 0 fully saturated rings. The quantitative estimate of drug-likeness (QED) is 0.185. The van der Waals surface area contributed by atoms with Gasteiger partial charge in [0, 0.05) is 22.1 Å². The van der Waals surface area contributed by atoms with Gasteiger partial charge in [0.2, 0.25) is 0 Å². The predicted octanol–water partition coefficient (Wildman–Crippen LogP) is 12.2. The third-order valence-electron chi connectivity index (χ3n) is 12.0. The van der Waals surface area contributed by atoms with Gasteiger partial charge in [0.15, 0.2) is 17.5 Å². The summed E-state index contributed by atoms with van der Waals surface area (Å²) in [5, 5.41) is 4.53. The van der Waals surface area contributed by atoms with Crippen LogP contribution in [0.15, 0.2) is 176 Å². The van der Waals surface area contributed by atoms with Crippen LogP contribution in [-0.2, 0) is 10.8 Å². The molecule has 1 aromatic heterocycles. The van der Waals surface area contributed by atoms with Crippen LogP contribution >= 0.6 is 0 Å². The van der Waals surface area contributed by atoms with Crippen LogP contribution in [0.2, 0.25) is 0 Å². The fourth-order valence-corrected chi connectivity index (χ4v) is 9.59. The summed E-state index contributed by atoms with van der Waals surface area (Å²) in [4.78, 5) is 15.9. The Labute approximate surface area is 314 Å². The van der Waals surface area contributed by atoms with Gasteiger partial charge in [-0.3, -0.25) is 0 Å². The Morgan fingerprint density at radius 2 is 0.759 bits per heavy atom. The zero-order chi connectivity index (χ0) is 36.0. The van der Waals surface area contributed by atoms with E-state index >= 15 is 0 Å². The van der Waals surface area contributed by atoms with Crippen LogP contribution in [-0.4, -0.2) is 15.0 Å². The molecule has 0 saturated carbocycles.